The van der Waals surface area contributed by atoms with Crippen LogP contribution in [0.2, 0.25) is 0 Å². The molecule has 2 aromatic carbocycles. The van der Waals surface area contributed by atoms with Gasteiger partial charge in [0.1, 0.15) is 18.3 Å². The molecule has 3 heterocycles. The van der Waals surface area contributed by atoms with E-state index in [9.17, 15) is 19.2 Å². The number of carbonyl (C=O) groups excluding carboxylic acids is 4. The van der Waals surface area contributed by atoms with Crippen molar-refractivity contribution in [2.75, 3.05) is 33.3 Å². The maximum Gasteiger partial charge on any atom is 0.243 e. The highest BCUT2D eigenvalue weighted by atomic mass is 16.5. The first-order valence-electron chi connectivity index (χ1n) is 16.1. The van der Waals surface area contributed by atoms with Gasteiger partial charge in [0.15, 0.2) is 0 Å². The van der Waals surface area contributed by atoms with Crippen LogP contribution >= 0.6 is 0 Å². The number of likely N-dealkylation sites (tertiary alicyclic amines) is 1. The van der Waals surface area contributed by atoms with Gasteiger partial charge >= 0.3 is 0 Å². The molecule has 0 aliphatic carbocycles. The predicted molar refractivity (Wildman–Crippen MR) is 171 cm³/mol. The number of carbonyl (C=O) groups is 4. The lowest BCUT2D eigenvalue weighted by Crippen LogP contribution is -2.54. The lowest BCUT2D eigenvalue weighted by molar-refractivity contribution is -0.146. The molecule has 0 unspecified atom stereocenters. The van der Waals surface area contributed by atoms with Crippen LogP contribution in [0, 0.1) is 5.41 Å². The van der Waals surface area contributed by atoms with Crippen molar-refractivity contribution in [2.45, 2.75) is 84.1 Å². The van der Waals surface area contributed by atoms with Crippen LogP contribution in [0.4, 0.5) is 0 Å². The molecule has 45 heavy (non-hydrogen) atoms. The van der Waals surface area contributed by atoms with E-state index in [-0.39, 0.29) is 60.6 Å². The fraction of sp³-hybridized carbons (Fsp3) is 0.543. The van der Waals surface area contributed by atoms with Crippen molar-refractivity contribution in [1.82, 2.24) is 25.3 Å². The highest BCUT2D eigenvalue weighted by molar-refractivity contribution is 5.91. The number of ether oxygens (including phenoxy) is 1. The minimum atomic E-state index is -0.638. The first kappa shape index (κ1) is 32.5. The second kappa shape index (κ2) is 14.0. The summed E-state index contributed by atoms with van der Waals surface area (Å²) in [5.74, 6) is 0.381. The van der Waals surface area contributed by atoms with Gasteiger partial charge in [0.2, 0.25) is 23.6 Å². The first-order valence-corrected chi connectivity index (χ1v) is 16.1. The molecule has 2 saturated heterocycles. The van der Waals surface area contributed by atoms with Gasteiger partial charge in [-0.2, -0.15) is 0 Å². The molecule has 2 fully saturated rings. The van der Waals surface area contributed by atoms with Crippen LogP contribution in [-0.2, 0) is 38.7 Å². The summed E-state index contributed by atoms with van der Waals surface area (Å²) >= 11 is 0. The van der Waals surface area contributed by atoms with Crippen molar-refractivity contribution in [3.63, 3.8) is 0 Å². The topological polar surface area (TPSA) is 111 Å². The Bertz CT molecular complexity index is 1400. The third-order valence-electron chi connectivity index (χ3n) is 9.13. The summed E-state index contributed by atoms with van der Waals surface area (Å²) in [6.45, 7) is 8.43. The molecule has 5 rings (SSSR count). The van der Waals surface area contributed by atoms with Crippen LogP contribution < -0.4 is 15.4 Å². The number of hydrogen-bond acceptors (Lipinski definition) is 6. The molecule has 0 spiro atoms. The number of methoxy groups -OCH3 is 1. The van der Waals surface area contributed by atoms with Gasteiger partial charge in [0.05, 0.1) is 13.5 Å². The molecule has 3 aliphatic heterocycles. The predicted octanol–water partition coefficient (Wildman–Crippen LogP) is 2.88. The fourth-order valence-electron chi connectivity index (χ4n) is 6.67. The van der Waals surface area contributed by atoms with Gasteiger partial charge in [0, 0.05) is 51.2 Å². The van der Waals surface area contributed by atoms with Crippen molar-refractivity contribution in [3.8, 4) is 5.75 Å². The summed E-state index contributed by atoms with van der Waals surface area (Å²) in [5.41, 5.74) is 2.69. The molecule has 4 amide bonds. The molecule has 0 saturated carbocycles. The molecular formula is C35H47N5O5. The number of nitrogens with one attached hydrogen (secondary N) is 2. The Morgan fingerprint density at radius 2 is 1.71 bits per heavy atom. The fourth-order valence-corrected chi connectivity index (χ4v) is 6.67. The second-order valence-electron chi connectivity index (χ2n) is 13.8. The minimum absolute atomic E-state index is 0.0884. The van der Waals surface area contributed by atoms with Crippen LogP contribution in [-0.4, -0.2) is 89.7 Å². The highest BCUT2D eigenvalue weighted by Gasteiger charge is 2.41. The Morgan fingerprint density at radius 3 is 2.42 bits per heavy atom. The zero-order valence-corrected chi connectivity index (χ0v) is 27.0. The third kappa shape index (κ3) is 8.22. The Hall–Kier alpha value is -3.92. The van der Waals surface area contributed by atoms with E-state index in [1.807, 2.05) is 53.4 Å². The van der Waals surface area contributed by atoms with E-state index in [1.54, 1.807) is 16.9 Å². The summed E-state index contributed by atoms with van der Waals surface area (Å²) in [6.07, 6.45) is 2.33. The largest absolute Gasteiger partial charge is 0.497 e. The van der Waals surface area contributed by atoms with Gasteiger partial charge in [0.25, 0.3) is 0 Å². The minimum Gasteiger partial charge on any atom is -0.497 e. The average Bonchev–Trinajstić information content (AvgIpc) is 3.45. The number of hydrogen-bond donors (Lipinski definition) is 2. The molecule has 0 bridgehead atoms. The van der Waals surface area contributed by atoms with Crippen LogP contribution in [0.15, 0.2) is 48.5 Å². The van der Waals surface area contributed by atoms with Crippen molar-refractivity contribution < 1.29 is 23.9 Å². The Labute approximate surface area is 266 Å². The van der Waals surface area contributed by atoms with Crippen molar-refractivity contribution >= 4 is 23.6 Å². The number of nitrogens with zero attached hydrogens (tertiary/aromatic N) is 3. The SMILES string of the molecule is COc1cccc(CN[C@H]2C[C@H]3C(=O)NCc4ccccc4CC(=O)N(C4CCN(C(=O)CC(C)(C)C)CC4)CC(=O)N3C2)c1. The summed E-state index contributed by atoms with van der Waals surface area (Å²) < 4.78 is 5.35. The number of rotatable bonds is 6. The number of fused-ring (bicyclic) bond motifs is 2. The maximum absolute atomic E-state index is 14.0. The molecule has 0 radical (unpaired) electrons. The van der Waals surface area contributed by atoms with Crippen LogP contribution in [0.1, 0.15) is 63.1 Å². The molecule has 3 aliphatic rings. The van der Waals surface area contributed by atoms with Gasteiger partial charge in [-0.3, -0.25) is 19.2 Å². The van der Waals surface area contributed by atoms with Crippen molar-refractivity contribution in [3.05, 3.63) is 65.2 Å². The maximum atomic E-state index is 14.0. The van der Waals surface area contributed by atoms with Crippen molar-refractivity contribution in [2.24, 2.45) is 5.41 Å². The molecule has 10 nitrogen and oxygen atoms in total. The summed E-state index contributed by atoms with van der Waals surface area (Å²) in [4.78, 5) is 59.6. The first-order chi connectivity index (χ1) is 21.5. The number of piperidine rings is 1. The van der Waals surface area contributed by atoms with Gasteiger partial charge in [-0.1, -0.05) is 57.2 Å². The highest BCUT2D eigenvalue weighted by Crippen LogP contribution is 2.26. The van der Waals surface area contributed by atoms with Gasteiger partial charge < -0.3 is 30.1 Å². The summed E-state index contributed by atoms with van der Waals surface area (Å²) in [5, 5.41) is 6.57. The van der Waals surface area contributed by atoms with Crippen LogP contribution in [0.5, 0.6) is 5.75 Å². The molecule has 0 aromatic heterocycles. The van der Waals surface area contributed by atoms with E-state index in [0.717, 1.165) is 22.4 Å². The van der Waals surface area contributed by atoms with E-state index in [2.05, 4.69) is 31.4 Å². The lowest BCUT2D eigenvalue weighted by Gasteiger charge is -2.40. The standard InChI is InChI=1S/C35H47N5O5/c1-35(2,3)19-32(42)38-14-12-28(13-15-38)39-23-33(43)40-22-27(36-20-24-8-7-11-29(16-24)45-4)18-30(40)34(44)37-21-26-10-6-5-9-25(26)17-31(39)41/h5-11,16,27-28,30,36H,12-15,17-23H2,1-4H3,(H,37,44)/t27-,30-/m0/s1. The van der Waals surface area contributed by atoms with Crippen LogP contribution in [0.25, 0.3) is 0 Å². The molecule has 242 valence electrons. The van der Waals surface area contributed by atoms with E-state index < -0.39 is 6.04 Å². The third-order valence-corrected chi connectivity index (χ3v) is 9.13. The van der Waals surface area contributed by atoms with E-state index in [4.69, 9.17) is 4.74 Å². The zero-order chi connectivity index (χ0) is 32.1. The van der Waals surface area contributed by atoms with Gasteiger partial charge in [-0.25, -0.2) is 0 Å². The van der Waals surface area contributed by atoms with Crippen molar-refractivity contribution in [1.29, 1.82) is 0 Å². The Morgan fingerprint density at radius 1 is 0.978 bits per heavy atom. The average molecular weight is 618 g/mol. The summed E-state index contributed by atoms with van der Waals surface area (Å²) in [7, 11) is 1.63. The lowest BCUT2D eigenvalue weighted by atomic mass is 9.91. The normalized spacial score (nSPS) is 21.9. The van der Waals surface area contributed by atoms with Crippen LogP contribution in [0.3, 0.4) is 0 Å². The smallest absolute Gasteiger partial charge is 0.243 e. The quantitative estimate of drug-likeness (QED) is 0.516. The molecule has 2 aromatic rings. The Balaban J connectivity index is 1.34. The Kier molecular flexibility index (Phi) is 10.1. The summed E-state index contributed by atoms with van der Waals surface area (Å²) in [6, 6.07) is 14.6. The number of benzene rings is 2. The van der Waals surface area contributed by atoms with E-state index >= 15 is 0 Å². The zero-order valence-electron chi connectivity index (χ0n) is 27.0. The van der Waals surface area contributed by atoms with E-state index in [1.165, 1.54) is 0 Å². The molecule has 2 N–H and O–H groups in total. The molecule has 10 heteroatoms. The number of amides is 4. The van der Waals surface area contributed by atoms with E-state index in [0.29, 0.717) is 51.9 Å². The molecule has 2 atom stereocenters. The monoisotopic (exact) mass is 617 g/mol. The molecular weight excluding hydrogens is 570 g/mol. The second-order valence-corrected chi connectivity index (χ2v) is 13.8. The van der Waals surface area contributed by atoms with Gasteiger partial charge in [-0.05, 0) is 53.5 Å². The van der Waals surface area contributed by atoms with Gasteiger partial charge in [-0.15, -0.1) is 0 Å².